The molecule has 4 nitrogen and oxygen atoms in total. The van der Waals surface area contributed by atoms with Crippen LogP contribution >= 0.6 is 0 Å². The topological polar surface area (TPSA) is 46.9 Å². The summed E-state index contributed by atoms with van der Waals surface area (Å²) in [5, 5.41) is 7.96. The van der Waals surface area contributed by atoms with Crippen LogP contribution in [-0.2, 0) is 11.2 Å². The molecular weight excluding hydrogens is 322 g/mol. The maximum atomic E-state index is 12.5. The van der Waals surface area contributed by atoms with Crippen molar-refractivity contribution < 1.29 is 4.79 Å². The summed E-state index contributed by atoms with van der Waals surface area (Å²) in [4.78, 5) is 12.5. The lowest BCUT2D eigenvalue weighted by Crippen LogP contribution is -2.36. The molecule has 1 amide bonds. The van der Waals surface area contributed by atoms with Gasteiger partial charge in [0.25, 0.3) is 0 Å². The van der Waals surface area contributed by atoms with E-state index in [9.17, 15) is 4.79 Å². The minimum absolute atomic E-state index is 0.0609. The molecular formula is C22H29N3O. The highest BCUT2D eigenvalue weighted by Gasteiger charge is 2.38. The molecule has 1 heterocycles. The van der Waals surface area contributed by atoms with E-state index in [0.29, 0.717) is 11.8 Å². The number of nitrogens with zero attached hydrogens (tertiary/aromatic N) is 2. The van der Waals surface area contributed by atoms with Crippen molar-refractivity contribution in [2.45, 2.75) is 65.3 Å². The Balaban J connectivity index is 1.56. The number of nitrogens with one attached hydrogen (secondary N) is 1. The Kier molecular flexibility index (Phi) is 4.17. The summed E-state index contributed by atoms with van der Waals surface area (Å²) in [6.45, 7) is 6.84. The lowest BCUT2D eigenvalue weighted by molar-refractivity contribution is -0.122. The normalized spacial score (nSPS) is 22.5. The summed E-state index contributed by atoms with van der Waals surface area (Å²) in [7, 11) is 0. The molecule has 0 spiro atoms. The average molecular weight is 351 g/mol. The fraction of sp³-hybridized carbons (Fsp3) is 0.545. The van der Waals surface area contributed by atoms with Gasteiger partial charge in [-0.15, -0.1) is 0 Å². The Morgan fingerprint density at radius 3 is 2.65 bits per heavy atom. The first kappa shape index (κ1) is 17.3. The Labute approximate surface area is 156 Å². The molecule has 138 valence electrons. The number of hydrogen-bond acceptors (Lipinski definition) is 2. The first-order valence-electron chi connectivity index (χ1n) is 9.77. The number of para-hydroxylation sites is 1. The molecule has 0 unspecified atom stereocenters. The Morgan fingerprint density at radius 2 is 1.96 bits per heavy atom. The van der Waals surface area contributed by atoms with Gasteiger partial charge in [-0.3, -0.25) is 4.79 Å². The van der Waals surface area contributed by atoms with E-state index in [-0.39, 0.29) is 17.4 Å². The Morgan fingerprint density at radius 1 is 1.23 bits per heavy atom. The van der Waals surface area contributed by atoms with Gasteiger partial charge in [-0.1, -0.05) is 39.0 Å². The summed E-state index contributed by atoms with van der Waals surface area (Å²) in [6, 6.07) is 10.3. The van der Waals surface area contributed by atoms with Crippen LogP contribution in [-0.4, -0.2) is 15.7 Å². The molecule has 4 heteroatoms. The van der Waals surface area contributed by atoms with Gasteiger partial charge in [0.15, 0.2) is 0 Å². The van der Waals surface area contributed by atoms with E-state index < -0.39 is 0 Å². The molecule has 1 aromatic heterocycles. The summed E-state index contributed by atoms with van der Waals surface area (Å²) in [6.07, 6.45) is 8.06. The number of carbonyl (C=O) groups is 1. The monoisotopic (exact) mass is 351 g/mol. The molecule has 4 rings (SSSR count). The van der Waals surface area contributed by atoms with Crippen molar-refractivity contribution in [1.82, 2.24) is 15.1 Å². The predicted octanol–water partition coefficient (Wildman–Crippen LogP) is 4.58. The van der Waals surface area contributed by atoms with Gasteiger partial charge in [0.05, 0.1) is 23.6 Å². The molecule has 2 aliphatic carbocycles. The number of amides is 1. The average Bonchev–Trinajstić information content (AvgIpc) is 3.19. The number of carbonyl (C=O) groups excluding carboxylic acids is 1. The quantitative estimate of drug-likeness (QED) is 0.857. The second-order valence-corrected chi connectivity index (χ2v) is 9.27. The van der Waals surface area contributed by atoms with Crippen LogP contribution in [0.4, 0.5) is 0 Å². The van der Waals surface area contributed by atoms with E-state index in [2.05, 4.69) is 43.3 Å². The maximum absolute atomic E-state index is 12.5. The molecule has 0 aliphatic heterocycles. The van der Waals surface area contributed by atoms with E-state index in [1.807, 2.05) is 29.1 Å². The van der Waals surface area contributed by atoms with Crippen molar-refractivity contribution in [2.75, 3.05) is 0 Å². The molecule has 1 fully saturated rings. The predicted molar refractivity (Wildman–Crippen MR) is 103 cm³/mol. The van der Waals surface area contributed by atoms with E-state index in [1.54, 1.807) is 0 Å². The Hall–Kier alpha value is -2.10. The van der Waals surface area contributed by atoms with Crippen LogP contribution in [0.2, 0.25) is 0 Å². The van der Waals surface area contributed by atoms with Crippen LogP contribution in [0.15, 0.2) is 36.5 Å². The highest BCUT2D eigenvalue weighted by atomic mass is 16.1. The molecule has 2 aliphatic rings. The maximum Gasteiger partial charge on any atom is 0.220 e. The van der Waals surface area contributed by atoms with Crippen molar-refractivity contribution >= 4 is 5.91 Å². The molecule has 2 aromatic rings. The van der Waals surface area contributed by atoms with Gasteiger partial charge in [-0.2, -0.15) is 5.10 Å². The first-order chi connectivity index (χ1) is 12.4. The number of hydrogen-bond donors (Lipinski definition) is 1. The van der Waals surface area contributed by atoms with Crippen molar-refractivity contribution in [3.05, 3.63) is 47.8 Å². The van der Waals surface area contributed by atoms with Gasteiger partial charge in [-0.05, 0) is 55.1 Å². The lowest BCUT2D eigenvalue weighted by atomic mass is 9.74. The van der Waals surface area contributed by atoms with E-state index >= 15 is 0 Å². The standard InChI is InChI=1S/C22H29N3O/c1-21(2)13-18(24-20(26)9-10-22(3)11-12-22)17-15-23-25(19(17)14-21)16-7-5-4-6-8-16/h4-8,15,18H,9-14H2,1-3H3,(H,24,26)/t18-/m0/s1. The zero-order chi connectivity index (χ0) is 18.4. The summed E-state index contributed by atoms with van der Waals surface area (Å²) >= 11 is 0. The van der Waals surface area contributed by atoms with Crippen molar-refractivity contribution in [1.29, 1.82) is 0 Å². The molecule has 0 bridgehead atoms. The molecule has 1 atom stereocenters. The van der Waals surface area contributed by atoms with Crippen molar-refractivity contribution in [2.24, 2.45) is 10.8 Å². The Bertz CT molecular complexity index is 802. The molecule has 1 saturated carbocycles. The van der Waals surface area contributed by atoms with Crippen LogP contribution in [0.1, 0.15) is 70.2 Å². The van der Waals surface area contributed by atoms with Gasteiger partial charge in [0.1, 0.15) is 0 Å². The second-order valence-electron chi connectivity index (χ2n) is 9.27. The van der Waals surface area contributed by atoms with Crippen LogP contribution in [0.25, 0.3) is 5.69 Å². The third-order valence-corrected chi connectivity index (χ3v) is 6.07. The highest BCUT2D eigenvalue weighted by Crippen LogP contribution is 2.49. The fourth-order valence-corrected chi connectivity index (χ4v) is 4.11. The van der Waals surface area contributed by atoms with E-state index in [4.69, 9.17) is 0 Å². The van der Waals surface area contributed by atoms with Crippen LogP contribution < -0.4 is 5.32 Å². The molecule has 1 aromatic carbocycles. The summed E-state index contributed by atoms with van der Waals surface area (Å²) in [5.74, 6) is 0.180. The third kappa shape index (κ3) is 3.55. The zero-order valence-corrected chi connectivity index (χ0v) is 16.1. The number of rotatable bonds is 5. The lowest BCUT2D eigenvalue weighted by Gasteiger charge is -2.36. The molecule has 1 N–H and O–H groups in total. The number of fused-ring (bicyclic) bond motifs is 1. The summed E-state index contributed by atoms with van der Waals surface area (Å²) in [5.41, 5.74) is 4.05. The van der Waals surface area contributed by atoms with Crippen molar-refractivity contribution in [3.8, 4) is 5.69 Å². The minimum Gasteiger partial charge on any atom is -0.349 e. The van der Waals surface area contributed by atoms with Crippen LogP contribution in [0.3, 0.4) is 0 Å². The molecule has 26 heavy (non-hydrogen) atoms. The SMILES string of the molecule is CC1(C)Cc2c(cnn2-c2ccccc2)[C@@H](NC(=O)CCC2(C)CC2)C1. The third-order valence-electron chi connectivity index (χ3n) is 6.07. The first-order valence-corrected chi connectivity index (χ1v) is 9.77. The number of benzene rings is 1. The zero-order valence-electron chi connectivity index (χ0n) is 16.1. The van der Waals surface area contributed by atoms with Crippen LogP contribution in [0.5, 0.6) is 0 Å². The molecule has 0 saturated heterocycles. The number of aromatic nitrogens is 2. The smallest absolute Gasteiger partial charge is 0.220 e. The van der Waals surface area contributed by atoms with Gasteiger partial charge in [0.2, 0.25) is 5.91 Å². The van der Waals surface area contributed by atoms with Gasteiger partial charge in [0, 0.05) is 12.0 Å². The largest absolute Gasteiger partial charge is 0.349 e. The second kappa shape index (κ2) is 6.26. The summed E-state index contributed by atoms with van der Waals surface area (Å²) < 4.78 is 2.04. The minimum atomic E-state index is 0.0609. The van der Waals surface area contributed by atoms with Crippen LogP contribution in [0, 0.1) is 10.8 Å². The molecule has 0 radical (unpaired) electrons. The van der Waals surface area contributed by atoms with Crippen molar-refractivity contribution in [3.63, 3.8) is 0 Å². The van der Waals surface area contributed by atoms with E-state index in [1.165, 1.54) is 24.1 Å². The highest BCUT2D eigenvalue weighted by molar-refractivity contribution is 5.76. The fourth-order valence-electron chi connectivity index (χ4n) is 4.11. The van der Waals surface area contributed by atoms with Gasteiger partial charge in [-0.25, -0.2) is 4.68 Å². The van der Waals surface area contributed by atoms with Gasteiger partial charge < -0.3 is 5.32 Å². The van der Waals surface area contributed by atoms with Gasteiger partial charge >= 0.3 is 0 Å². The van der Waals surface area contributed by atoms with E-state index in [0.717, 1.165) is 24.9 Å².